The Kier molecular flexibility index (Phi) is 4.35. The molecular formula is C9H12N4O5. The second-order valence-corrected chi connectivity index (χ2v) is 3.42. The standard InChI is InChI=1S/C9H12N4O5/c1-2-5-11-7(13-12-5)8(16)10-4(9(17)18)3-6(14)15/h4H,2-3H2,1H3,(H,10,16)(H,14,15)(H,17,18)(H,11,12,13)/t4-/m0/s1. The molecule has 0 saturated carbocycles. The molecule has 9 heteroatoms. The van der Waals surface area contributed by atoms with Crippen molar-refractivity contribution >= 4 is 17.8 Å². The van der Waals surface area contributed by atoms with Crippen LogP contribution in [-0.2, 0) is 16.0 Å². The van der Waals surface area contributed by atoms with Crippen LogP contribution < -0.4 is 5.32 Å². The van der Waals surface area contributed by atoms with Gasteiger partial charge in [0.25, 0.3) is 5.91 Å². The number of H-pyrrole nitrogens is 1. The van der Waals surface area contributed by atoms with Gasteiger partial charge in [0.05, 0.1) is 6.42 Å². The highest BCUT2D eigenvalue weighted by Gasteiger charge is 2.25. The first-order valence-corrected chi connectivity index (χ1v) is 5.10. The predicted octanol–water partition coefficient (Wildman–Crippen LogP) is -0.975. The first-order chi connectivity index (χ1) is 8.43. The molecule has 0 fully saturated rings. The van der Waals surface area contributed by atoms with E-state index in [-0.39, 0.29) is 5.82 Å². The van der Waals surface area contributed by atoms with Crippen molar-refractivity contribution in [2.75, 3.05) is 0 Å². The fraction of sp³-hybridized carbons (Fsp3) is 0.444. The zero-order valence-corrected chi connectivity index (χ0v) is 9.51. The average molecular weight is 256 g/mol. The first kappa shape index (κ1) is 13.6. The Morgan fingerprint density at radius 3 is 2.50 bits per heavy atom. The maximum Gasteiger partial charge on any atom is 0.326 e. The minimum Gasteiger partial charge on any atom is -0.481 e. The Bertz CT molecular complexity index is 469. The number of aliphatic carboxylic acids is 2. The predicted molar refractivity (Wildman–Crippen MR) is 56.9 cm³/mol. The van der Waals surface area contributed by atoms with Gasteiger partial charge in [-0.1, -0.05) is 6.92 Å². The third-order valence-electron chi connectivity index (χ3n) is 2.05. The molecule has 0 saturated heterocycles. The molecule has 1 aromatic heterocycles. The van der Waals surface area contributed by atoms with E-state index in [1.54, 1.807) is 6.92 Å². The van der Waals surface area contributed by atoms with Crippen molar-refractivity contribution in [2.45, 2.75) is 25.8 Å². The van der Waals surface area contributed by atoms with Crippen LogP contribution in [0.3, 0.4) is 0 Å². The zero-order valence-electron chi connectivity index (χ0n) is 9.51. The molecule has 0 spiro atoms. The van der Waals surface area contributed by atoms with Crippen LogP contribution in [-0.4, -0.2) is 49.3 Å². The van der Waals surface area contributed by atoms with E-state index in [9.17, 15) is 14.4 Å². The topological polar surface area (TPSA) is 145 Å². The molecule has 0 radical (unpaired) electrons. The summed E-state index contributed by atoms with van der Waals surface area (Å²) in [6, 6.07) is -1.52. The molecule has 9 nitrogen and oxygen atoms in total. The second-order valence-electron chi connectivity index (χ2n) is 3.42. The zero-order chi connectivity index (χ0) is 13.7. The molecule has 0 bridgehead atoms. The largest absolute Gasteiger partial charge is 0.481 e. The van der Waals surface area contributed by atoms with Crippen LogP contribution in [0.1, 0.15) is 29.8 Å². The lowest BCUT2D eigenvalue weighted by molar-refractivity contribution is -0.145. The highest BCUT2D eigenvalue weighted by atomic mass is 16.4. The van der Waals surface area contributed by atoms with Crippen molar-refractivity contribution in [3.63, 3.8) is 0 Å². The quantitative estimate of drug-likeness (QED) is 0.512. The number of carboxylic acids is 2. The van der Waals surface area contributed by atoms with E-state index in [0.29, 0.717) is 12.2 Å². The van der Waals surface area contributed by atoms with Gasteiger partial charge in [0.15, 0.2) is 0 Å². The van der Waals surface area contributed by atoms with Gasteiger partial charge in [0.2, 0.25) is 5.82 Å². The monoisotopic (exact) mass is 256 g/mol. The van der Waals surface area contributed by atoms with Gasteiger partial charge in [-0.2, -0.15) is 0 Å². The third-order valence-corrected chi connectivity index (χ3v) is 2.05. The number of amides is 1. The summed E-state index contributed by atoms with van der Waals surface area (Å²) >= 11 is 0. The van der Waals surface area contributed by atoms with Crippen LogP contribution in [0.2, 0.25) is 0 Å². The van der Waals surface area contributed by atoms with E-state index >= 15 is 0 Å². The van der Waals surface area contributed by atoms with Gasteiger partial charge in [-0.05, 0) is 0 Å². The Morgan fingerprint density at radius 1 is 1.39 bits per heavy atom. The van der Waals surface area contributed by atoms with Crippen molar-refractivity contribution in [3.8, 4) is 0 Å². The Morgan fingerprint density at radius 2 is 2.06 bits per heavy atom. The highest BCUT2D eigenvalue weighted by molar-refractivity contribution is 5.94. The smallest absolute Gasteiger partial charge is 0.326 e. The number of carbonyl (C=O) groups excluding carboxylic acids is 1. The lowest BCUT2D eigenvalue weighted by atomic mass is 10.2. The summed E-state index contributed by atoms with van der Waals surface area (Å²) in [5, 5.41) is 25.4. The van der Waals surface area contributed by atoms with E-state index in [1.165, 1.54) is 0 Å². The molecule has 1 rings (SSSR count). The van der Waals surface area contributed by atoms with Crippen molar-refractivity contribution in [3.05, 3.63) is 11.6 Å². The molecule has 0 aliphatic carbocycles. The molecule has 0 aliphatic heterocycles. The summed E-state index contributed by atoms with van der Waals surface area (Å²) in [5.41, 5.74) is 0. The van der Waals surface area contributed by atoms with Gasteiger partial charge in [-0.15, -0.1) is 5.10 Å². The minimum atomic E-state index is -1.52. The van der Waals surface area contributed by atoms with E-state index in [1.807, 2.05) is 5.32 Å². The van der Waals surface area contributed by atoms with Crippen LogP contribution in [0.5, 0.6) is 0 Å². The molecule has 1 atom stereocenters. The number of hydrogen-bond acceptors (Lipinski definition) is 5. The number of aromatic nitrogens is 3. The molecule has 98 valence electrons. The second kappa shape index (κ2) is 5.75. The number of hydrogen-bond donors (Lipinski definition) is 4. The van der Waals surface area contributed by atoms with Gasteiger partial charge < -0.3 is 15.5 Å². The van der Waals surface area contributed by atoms with E-state index in [2.05, 4.69) is 15.2 Å². The summed E-state index contributed by atoms with van der Waals surface area (Å²) in [4.78, 5) is 36.5. The highest BCUT2D eigenvalue weighted by Crippen LogP contribution is 1.98. The van der Waals surface area contributed by atoms with E-state index in [0.717, 1.165) is 0 Å². The average Bonchev–Trinajstić information content (AvgIpc) is 2.75. The number of nitrogens with one attached hydrogen (secondary N) is 2. The maximum atomic E-state index is 11.6. The van der Waals surface area contributed by atoms with Gasteiger partial charge >= 0.3 is 11.9 Å². The van der Waals surface area contributed by atoms with Crippen molar-refractivity contribution in [1.29, 1.82) is 0 Å². The van der Waals surface area contributed by atoms with E-state index < -0.39 is 30.3 Å². The third kappa shape index (κ3) is 3.54. The lowest BCUT2D eigenvalue weighted by Crippen LogP contribution is -2.42. The molecule has 18 heavy (non-hydrogen) atoms. The number of carboxylic acid groups (broad SMARTS) is 2. The van der Waals surface area contributed by atoms with Crippen molar-refractivity contribution in [2.24, 2.45) is 0 Å². The molecule has 1 amide bonds. The summed E-state index contributed by atoms with van der Waals surface area (Å²) in [6.07, 6.45) is -0.177. The molecule has 0 aliphatic rings. The molecule has 1 aromatic rings. The minimum absolute atomic E-state index is 0.219. The summed E-state index contributed by atoms with van der Waals surface area (Å²) in [6.45, 7) is 1.80. The van der Waals surface area contributed by atoms with Gasteiger partial charge in [0, 0.05) is 6.42 Å². The van der Waals surface area contributed by atoms with Gasteiger partial charge in [0.1, 0.15) is 11.9 Å². The van der Waals surface area contributed by atoms with Crippen molar-refractivity contribution < 1.29 is 24.6 Å². The Balaban J connectivity index is 2.71. The molecular weight excluding hydrogens is 244 g/mol. The number of carbonyl (C=O) groups is 3. The number of aryl methyl sites for hydroxylation is 1. The Hall–Kier alpha value is -2.45. The molecule has 0 aromatic carbocycles. The summed E-state index contributed by atoms with van der Waals surface area (Å²) in [7, 11) is 0. The lowest BCUT2D eigenvalue weighted by Gasteiger charge is -2.10. The fourth-order valence-corrected chi connectivity index (χ4v) is 1.15. The van der Waals surface area contributed by atoms with E-state index in [4.69, 9.17) is 10.2 Å². The summed E-state index contributed by atoms with van der Waals surface area (Å²) in [5.74, 6) is -3.34. The normalized spacial score (nSPS) is 11.8. The molecule has 0 unspecified atom stereocenters. The van der Waals surface area contributed by atoms with Crippen LogP contribution >= 0.6 is 0 Å². The molecule has 4 N–H and O–H groups in total. The van der Waals surface area contributed by atoms with Crippen molar-refractivity contribution in [1.82, 2.24) is 20.5 Å². The van der Waals surface area contributed by atoms with Crippen LogP contribution in [0.25, 0.3) is 0 Å². The van der Waals surface area contributed by atoms with Crippen LogP contribution in [0.15, 0.2) is 0 Å². The first-order valence-electron chi connectivity index (χ1n) is 5.10. The van der Waals surface area contributed by atoms with Crippen LogP contribution in [0.4, 0.5) is 0 Å². The van der Waals surface area contributed by atoms with Crippen LogP contribution in [0, 0.1) is 0 Å². The SMILES string of the molecule is CCc1nc(C(=O)N[C@@H](CC(=O)O)C(=O)O)n[nH]1. The molecule has 1 heterocycles. The van der Waals surface area contributed by atoms with Gasteiger partial charge in [-0.3, -0.25) is 14.7 Å². The Labute approximate surface area is 101 Å². The fourth-order valence-electron chi connectivity index (χ4n) is 1.15. The number of rotatable bonds is 6. The number of aromatic amines is 1. The van der Waals surface area contributed by atoms with Gasteiger partial charge in [-0.25, -0.2) is 9.78 Å². The summed E-state index contributed by atoms with van der Waals surface area (Å²) < 4.78 is 0. The number of nitrogens with zero attached hydrogens (tertiary/aromatic N) is 2. The maximum absolute atomic E-state index is 11.6.